The molecule has 1 rings (SSSR count). The van der Waals surface area contributed by atoms with Crippen molar-refractivity contribution in [2.24, 2.45) is 5.92 Å². The highest BCUT2D eigenvalue weighted by Gasteiger charge is 2.20. The van der Waals surface area contributed by atoms with Gasteiger partial charge in [-0.2, -0.15) is 0 Å². The van der Waals surface area contributed by atoms with Gasteiger partial charge < -0.3 is 10.0 Å². The lowest BCUT2D eigenvalue weighted by Gasteiger charge is -2.27. The Labute approximate surface area is 81.0 Å². The Kier molecular flexibility index (Phi) is 3.44. The highest BCUT2D eigenvalue weighted by Crippen LogP contribution is 2.18. The van der Waals surface area contributed by atoms with E-state index in [-0.39, 0.29) is 5.92 Å². The topological polar surface area (TPSA) is 83.7 Å². The molecule has 14 heavy (non-hydrogen) atoms. The van der Waals surface area contributed by atoms with Crippen molar-refractivity contribution in [3.63, 3.8) is 0 Å². The second-order valence-electron chi connectivity index (χ2n) is 3.23. The van der Waals surface area contributed by atoms with Crippen LogP contribution in [0.1, 0.15) is 12.8 Å². The van der Waals surface area contributed by atoms with E-state index < -0.39 is 11.0 Å². The van der Waals surface area contributed by atoms with Crippen molar-refractivity contribution in [3.05, 3.63) is 22.4 Å². The minimum absolute atomic E-state index is 0.135. The van der Waals surface area contributed by atoms with Crippen LogP contribution < -0.4 is 0 Å². The van der Waals surface area contributed by atoms with Gasteiger partial charge in [0, 0.05) is 13.1 Å². The third-order valence-corrected chi connectivity index (χ3v) is 2.29. The first-order chi connectivity index (χ1) is 6.59. The molecule has 78 valence electrons. The second-order valence-corrected chi connectivity index (χ2v) is 3.23. The average molecular weight is 200 g/mol. The summed E-state index contributed by atoms with van der Waals surface area (Å²) >= 11 is 0. The van der Waals surface area contributed by atoms with Gasteiger partial charge in [-0.1, -0.05) is 0 Å². The van der Waals surface area contributed by atoms with Crippen molar-refractivity contribution in [1.82, 2.24) is 4.90 Å². The van der Waals surface area contributed by atoms with Crippen LogP contribution in [0.3, 0.4) is 0 Å². The SMILES string of the molecule is O=C(O)N1CCC(C=C[N+](=O)[O-])CC1. The third kappa shape index (κ3) is 3.04. The highest BCUT2D eigenvalue weighted by atomic mass is 16.6. The number of allylic oxidation sites excluding steroid dienone is 1. The smallest absolute Gasteiger partial charge is 0.407 e. The lowest BCUT2D eigenvalue weighted by atomic mass is 9.97. The molecule has 0 aliphatic carbocycles. The minimum atomic E-state index is -0.915. The molecule has 1 heterocycles. The predicted molar refractivity (Wildman–Crippen MR) is 48.5 cm³/mol. The van der Waals surface area contributed by atoms with Crippen LogP contribution >= 0.6 is 0 Å². The number of piperidine rings is 1. The Bertz CT molecular complexity index is 256. The van der Waals surface area contributed by atoms with Gasteiger partial charge in [-0.3, -0.25) is 10.1 Å². The maximum absolute atomic E-state index is 10.5. The van der Waals surface area contributed by atoms with E-state index in [1.54, 1.807) is 6.08 Å². The van der Waals surface area contributed by atoms with E-state index in [0.717, 1.165) is 6.20 Å². The molecule has 1 fully saturated rings. The van der Waals surface area contributed by atoms with E-state index in [1.165, 1.54) is 4.90 Å². The number of carboxylic acid groups (broad SMARTS) is 1. The molecule has 1 saturated heterocycles. The van der Waals surface area contributed by atoms with Gasteiger partial charge in [-0.25, -0.2) is 4.79 Å². The summed E-state index contributed by atoms with van der Waals surface area (Å²) in [5.41, 5.74) is 0. The van der Waals surface area contributed by atoms with Crippen molar-refractivity contribution >= 4 is 6.09 Å². The van der Waals surface area contributed by atoms with Crippen molar-refractivity contribution in [3.8, 4) is 0 Å². The van der Waals surface area contributed by atoms with Crippen LogP contribution in [0.5, 0.6) is 0 Å². The van der Waals surface area contributed by atoms with Crippen molar-refractivity contribution in [2.45, 2.75) is 12.8 Å². The van der Waals surface area contributed by atoms with E-state index in [2.05, 4.69) is 0 Å². The molecular formula is C8H12N2O4. The molecule has 0 saturated carbocycles. The van der Waals surface area contributed by atoms with Crippen LogP contribution in [0, 0.1) is 16.0 Å². The Balaban J connectivity index is 2.36. The molecule has 0 aromatic carbocycles. The number of nitro groups is 1. The van der Waals surface area contributed by atoms with Gasteiger partial charge in [0.2, 0.25) is 6.20 Å². The van der Waals surface area contributed by atoms with E-state index >= 15 is 0 Å². The average Bonchev–Trinajstić information content (AvgIpc) is 2.15. The zero-order valence-corrected chi connectivity index (χ0v) is 7.63. The third-order valence-electron chi connectivity index (χ3n) is 2.29. The first-order valence-electron chi connectivity index (χ1n) is 4.39. The molecule has 0 aromatic heterocycles. The largest absolute Gasteiger partial charge is 0.465 e. The molecule has 0 bridgehead atoms. The number of amides is 1. The fourth-order valence-electron chi connectivity index (χ4n) is 1.48. The number of hydrogen-bond donors (Lipinski definition) is 1. The molecule has 0 radical (unpaired) electrons. The number of hydrogen-bond acceptors (Lipinski definition) is 3. The summed E-state index contributed by atoms with van der Waals surface area (Å²) in [7, 11) is 0. The molecule has 6 heteroatoms. The molecule has 1 aliphatic rings. The molecule has 0 unspecified atom stereocenters. The molecule has 0 spiro atoms. The molecule has 0 atom stereocenters. The summed E-state index contributed by atoms with van der Waals surface area (Å²) in [6.07, 6.45) is 2.88. The minimum Gasteiger partial charge on any atom is -0.465 e. The van der Waals surface area contributed by atoms with Crippen LogP contribution in [0.2, 0.25) is 0 Å². The van der Waals surface area contributed by atoms with Gasteiger partial charge in [0.15, 0.2) is 0 Å². The van der Waals surface area contributed by atoms with Gasteiger partial charge in [-0.05, 0) is 24.8 Å². The molecule has 0 aromatic rings. The van der Waals surface area contributed by atoms with E-state index in [0.29, 0.717) is 25.9 Å². The van der Waals surface area contributed by atoms with Gasteiger partial charge in [-0.15, -0.1) is 0 Å². The Morgan fingerprint density at radius 1 is 1.50 bits per heavy atom. The van der Waals surface area contributed by atoms with Crippen molar-refractivity contribution in [1.29, 1.82) is 0 Å². The summed E-state index contributed by atoms with van der Waals surface area (Å²) in [5.74, 6) is 0.135. The number of rotatable bonds is 2. The number of carbonyl (C=O) groups is 1. The van der Waals surface area contributed by atoms with E-state index in [1.807, 2.05) is 0 Å². The lowest BCUT2D eigenvalue weighted by Crippen LogP contribution is -2.37. The Hall–Kier alpha value is -1.59. The van der Waals surface area contributed by atoms with Crippen LogP contribution in [0.25, 0.3) is 0 Å². The maximum atomic E-state index is 10.5. The first kappa shape index (κ1) is 10.5. The van der Waals surface area contributed by atoms with Crippen molar-refractivity contribution in [2.75, 3.05) is 13.1 Å². The zero-order valence-electron chi connectivity index (χ0n) is 7.63. The standard InChI is InChI=1S/C8H12N2O4/c11-8(12)9-4-1-7(2-5-9)3-6-10(13)14/h3,6-7H,1-2,4-5H2,(H,11,12). The van der Waals surface area contributed by atoms with E-state index in [9.17, 15) is 14.9 Å². The summed E-state index contributed by atoms with van der Waals surface area (Å²) in [6, 6.07) is 0. The van der Waals surface area contributed by atoms with Gasteiger partial charge in [0.1, 0.15) is 0 Å². The fourth-order valence-corrected chi connectivity index (χ4v) is 1.48. The monoisotopic (exact) mass is 200 g/mol. The van der Waals surface area contributed by atoms with Gasteiger partial charge >= 0.3 is 6.09 Å². The normalized spacial score (nSPS) is 18.7. The molecular weight excluding hydrogens is 188 g/mol. The molecule has 1 amide bonds. The van der Waals surface area contributed by atoms with Crippen LogP contribution in [0.15, 0.2) is 12.3 Å². The quantitative estimate of drug-likeness (QED) is 0.535. The summed E-state index contributed by atoms with van der Waals surface area (Å²) in [4.78, 5) is 21.4. The summed E-state index contributed by atoms with van der Waals surface area (Å²) in [6.45, 7) is 0.921. The Morgan fingerprint density at radius 3 is 2.50 bits per heavy atom. The fraction of sp³-hybridized carbons (Fsp3) is 0.625. The molecule has 1 N–H and O–H groups in total. The van der Waals surface area contributed by atoms with Crippen molar-refractivity contribution < 1.29 is 14.8 Å². The first-order valence-corrected chi connectivity index (χ1v) is 4.39. The number of likely N-dealkylation sites (tertiary alicyclic amines) is 1. The molecule has 6 nitrogen and oxygen atoms in total. The van der Waals surface area contributed by atoms with Gasteiger partial charge in [0.05, 0.1) is 4.92 Å². The molecule has 1 aliphatic heterocycles. The van der Waals surface area contributed by atoms with Crippen LogP contribution in [-0.4, -0.2) is 34.1 Å². The Morgan fingerprint density at radius 2 is 2.07 bits per heavy atom. The van der Waals surface area contributed by atoms with E-state index in [4.69, 9.17) is 5.11 Å². The predicted octanol–water partition coefficient (Wildman–Crippen LogP) is 1.17. The maximum Gasteiger partial charge on any atom is 0.407 e. The van der Waals surface area contributed by atoms with Crippen LogP contribution in [-0.2, 0) is 0 Å². The van der Waals surface area contributed by atoms with Crippen LogP contribution in [0.4, 0.5) is 4.79 Å². The highest BCUT2D eigenvalue weighted by molar-refractivity contribution is 5.64. The van der Waals surface area contributed by atoms with Gasteiger partial charge in [0.25, 0.3) is 0 Å². The second kappa shape index (κ2) is 4.59. The summed E-state index contributed by atoms with van der Waals surface area (Å²) in [5, 5.41) is 18.7. The number of nitrogens with zero attached hydrogens (tertiary/aromatic N) is 2. The summed E-state index contributed by atoms with van der Waals surface area (Å²) < 4.78 is 0. The zero-order chi connectivity index (χ0) is 10.6. The lowest BCUT2D eigenvalue weighted by molar-refractivity contribution is -0.402.